The molecule has 0 bridgehead atoms. The number of furan rings is 1. The fraction of sp³-hybridized carbons (Fsp3) is 0.706. The van der Waals surface area contributed by atoms with Crippen molar-refractivity contribution in [3.05, 3.63) is 24.2 Å². The van der Waals surface area contributed by atoms with Crippen molar-refractivity contribution in [2.75, 3.05) is 6.54 Å². The number of hydrogen-bond acceptors (Lipinski definition) is 8. The molecule has 260 valence electrons. The van der Waals surface area contributed by atoms with Crippen LogP contribution in [0.2, 0.25) is 0 Å². The van der Waals surface area contributed by atoms with E-state index in [9.17, 15) is 28.8 Å². The first-order valence-corrected chi connectivity index (χ1v) is 16.8. The van der Waals surface area contributed by atoms with Gasteiger partial charge in [0.05, 0.1) is 18.6 Å². The molecule has 4 rings (SSSR count). The molecule has 3 fully saturated rings. The van der Waals surface area contributed by atoms with E-state index in [4.69, 9.17) is 14.9 Å². The van der Waals surface area contributed by atoms with E-state index in [1.165, 1.54) is 17.4 Å². The zero-order chi connectivity index (χ0) is 34.5. The molecule has 2 saturated carbocycles. The number of Topliss-reactive ketones (excluding diaryl/α,β-unsaturated/α-hetero) is 1. The number of rotatable bonds is 13. The molecule has 1 aromatic heterocycles. The lowest BCUT2D eigenvalue weighted by Crippen LogP contribution is -2.64. The minimum absolute atomic E-state index is 0.00542. The van der Waals surface area contributed by atoms with E-state index in [0.29, 0.717) is 31.2 Å². The summed E-state index contributed by atoms with van der Waals surface area (Å²) in [6.07, 6.45) is 8.65. The number of hydrogen-bond donors (Lipinski definition) is 4. The summed E-state index contributed by atoms with van der Waals surface area (Å²) in [5.41, 5.74) is 3.95. The molecular formula is C34H51N5O8. The number of carbonyl (C=O) groups excluding carboxylic acids is 6. The minimum Gasteiger partial charge on any atom is -0.472 e. The first kappa shape index (κ1) is 35.9. The Labute approximate surface area is 276 Å². The number of carbonyl (C=O) groups is 6. The van der Waals surface area contributed by atoms with Crippen molar-refractivity contribution in [2.24, 2.45) is 28.9 Å². The van der Waals surface area contributed by atoms with Gasteiger partial charge in [-0.3, -0.25) is 19.2 Å². The quantitative estimate of drug-likeness (QED) is 0.184. The van der Waals surface area contributed by atoms with Crippen LogP contribution in [-0.4, -0.2) is 70.6 Å². The van der Waals surface area contributed by atoms with Gasteiger partial charge in [0.2, 0.25) is 17.6 Å². The van der Waals surface area contributed by atoms with Crippen molar-refractivity contribution in [3.8, 4) is 0 Å². The van der Waals surface area contributed by atoms with Gasteiger partial charge in [-0.15, -0.1) is 0 Å². The monoisotopic (exact) mass is 657 g/mol. The van der Waals surface area contributed by atoms with Crippen molar-refractivity contribution in [3.63, 3.8) is 0 Å². The molecule has 47 heavy (non-hydrogen) atoms. The number of likely N-dealkylation sites (tertiary alicyclic amines) is 1. The highest BCUT2D eigenvalue weighted by molar-refractivity contribution is 6.37. The third-order valence-electron chi connectivity index (χ3n) is 9.79. The molecule has 13 nitrogen and oxygen atoms in total. The van der Waals surface area contributed by atoms with E-state index in [2.05, 4.69) is 16.0 Å². The van der Waals surface area contributed by atoms with Gasteiger partial charge in [-0.05, 0) is 54.9 Å². The maximum atomic E-state index is 14.3. The zero-order valence-corrected chi connectivity index (χ0v) is 28.3. The molecule has 0 radical (unpaired) electrons. The number of nitrogens with one attached hydrogen (secondary N) is 3. The first-order chi connectivity index (χ1) is 22.1. The standard InChI is InChI=1S/C34H51N5O8/c1-20(2)23-16-25(29(42)36-24(15-21-9-10-21)26(40)28(35)41)39(17-23)30(43)27(33(3,4)5)37-32(45)38-34(12-7-6-8-13-34)31(44)47-19-22-11-14-46-18-22/h11,14,18,20-21,23-25,27H,6-10,12-13,15-17,19H2,1-5H3,(H2,35,41)(H,36,42)(H2,37,38,45)/t23-,24?,25+,27-/m1/s1. The van der Waals surface area contributed by atoms with Crippen LogP contribution in [0.1, 0.15) is 98.0 Å². The summed E-state index contributed by atoms with van der Waals surface area (Å²) in [7, 11) is 0. The van der Waals surface area contributed by atoms with Gasteiger partial charge in [0.1, 0.15) is 24.2 Å². The maximum absolute atomic E-state index is 14.3. The Hall–Kier alpha value is -3.90. The Kier molecular flexibility index (Phi) is 11.4. The lowest BCUT2D eigenvalue weighted by atomic mass is 9.81. The fourth-order valence-corrected chi connectivity index (χ4v) is 6.60. The molecule has 13 heteroatoms. The average molecular weight is 658 g/mol. The molecule has 4 atom stereocenters. The second-order valence-electron chi connectivity index (χ2n) is 15.0. The summed E-state index contributed by atoms with van der Waals surface area (Å²) in [5, 5.41) is 8.42. The van der Waals surface area contributed by atoms with E-state index in [0.717, 1.165) is 32.1 Å². The van der Waals surface area contributed by atoms with Crippen LogP contribution >= 0.6 is 0 Å². The number of nitrogens with two attached hydrogens (primary N) is 1. The van der Waals surface area contributed by atoms with E-state index in [-0.39, 0.29) is 30.9 Å². The van der Waals surface area contributed by atoms with Crippen LogP contribution in [0.3, 0.4) is 0 Å². The lowest BCUT2D eigenvalue weighted by molar-refractivity contribution is -0.154. The number of nitrogens with zero attached hydrogens (tertiary/aromatic N) is 1. The lowest BCUT2D eigenvalue weighted by Gasteiger charge is -2.38. The number of ether oxygens (including phenoxy) is 1. The van der Waals surface area contributed by atoms with E-state index in [1.807, 2.05) is 34.6 Å². The molecule has 1 saturated heterocycles. The van der Waals surface area contributed by atoms with Gasteiger partial charge in [-0.1, -0.05) is 66.7 Å². The van der Waals surface area contributed by atoms with Crippen LogP contribution in [0.4, 0.5) is 4.79 Å². The van der Waals surface area contributed by atoms with Crippen molar-refractivity contribution in [1.29, 1.82) is 0 Å². The molecule has 2 aliphatic carbocycles. The van der Waals surface area contributed by atoms with Gasteiger partial charge in [0.15, 0.2) is 0 Å². The zero-order valence-electron chi connectivity index (χ0n) is 28.3. The molecule has 2 heterocycles. The van der Waals surface area contributed by atoms with Crippen LogP contribution in [0.5, 0.6) is 0 Å². The van der Waals surface area contributed by atoms with Gasteiger partial charge >= 0.3 is 12.0 Å². The van der Waals surface area contributed by atoms with Crippen LogP contribution < -0.4 is 21.7 Å². The largest absolute Gasteiger partial charge is 0.472 e. The maximum Gasteiger partial charge on any atom is 0.332 e. The third-order valence-corrected chi connectivity index (χ3v) is 9.79. The SMILES string of the molecule is CC(C)[C@@H]1C[C@@H](C(=O)NC(CC2CC2)C(=O)C(N)=O)N(C(=O)[C@@H](NC(=O)NC2(C(=O)OCc3ccoc3)CCCCC2)C(C)(C)C)C1. The second-order valence-corrected chi connectivity index (χ2v) is 15.0. The summed E-state index contributed by atoms with van der Waals surface area (Å²) in [5.74, 6) is -3.11. The topological polar surface area (TPSA) is 190 Å². The molecule has 1 aliphatic heterocycles. The van der Waals surface area contributed by atoms with Crippen LogP contribution in [0.25, 0.3) is 0 Å². The normalized spacial score (nSPS) is 22.2. The highest BCUT2D eigenvalue weighted by Gasteiger charge is 2.48. The average Bonchev–Trinajstić information content (AvgIpc) is 3.47. The number of ketones is 1. The van der Waals surface area contributed by atoms with E-state index >= 15 is 0 Å². The molecular weight excluding hydrogens is 606 g/mol. The Morgan fingerprint density at radius 3 is 2.30 bits per heavy atom. The van der Waals surface area contributed by atoms with E-state index < -0.39 is 64.6 Å². The summed E-state index contributed by atoms with van der Waals surface area (Å²) in [6.45, 7) is 9.76. The highest BCUT2D eigenvalue weighted by Crippen LogP contribution is 2.35. The van der Waals surface area contributed by atoms with Crippen LogP contribution in [0.15, 0.2) is 23.0 Å². The van der Waals surface area contributed by atoms with Crippen LogP contribution in [0, 0.1) is 23.2 Å². The van der Waals surface area contributed by atoms with Crippen LogP contribution in [-0.2, 0) is 35.3 Å². The Bertz CT molecular complexity index is 1310. The van der Waals surface area contributed by atoms with Crippen molar-refractivity contribution < 1.29 is 37.9 Å². The molecule has 5 amide bonds. The summed E-state index contributed by atoms with van der Waals surface area (Å²) in [4.78, 5) is 80.9. The fourth-order valence-electron chi connectivity index (χ4n) is 6.60. The van der Waals surface area contributed by atoms with Gasteiger partial charge in [0.25, 0.3) is 5.91 Å². The third kappa shape index (κ3) is 9.13. The molecule has 1 aromatic rings. The van der Waals surface area contributed by atoms with Crippen molar-refractivity contribution in [1.82, 2.24) is 20.9 Å². The summed E-state index contributed by atoms with van der Waals surface area (Å²) < 4.78 is 10.6. The molecule has 3 aliphatic rings. The van der Waals surface area contributed by atoms with Gasteiger partial charge < -0.3 is 35.7 Å². The Morgan fingerprint density at radius 2 is 1.74 bits per heavy atom. The number of esters is 1. The smallest absolute Gasteiger partial charge is 0.332 e. The minimum atomic E-state index is -1.25. The van der Waals surface area contributed by atoms with E-state index in [1.54, 1.807) is 6.07 Å². The van der Waals surface area contributed by atoms with Gasteiger partial charge in [-0.2, -0.15) is 0 Å². The number of amides is 5. The Morgan fingerprint density at radius 1 is 1.06 bits per heavy atom. The predicted molar refractivity (Wildman–Crippen MR) is 171 cm³/mol. The highest BCUT2D eigenvalue weighted by atomic mass is 16.5. The number of urea groups is 1. The van der Waals surface area contributed by atoms with Gasteiger partial charge in [-0.25, -0.2) is 9.59 Å². The summed E-state index contributed by atoms with van der Waals surface area (Å²) in [6, 6.07) is -2.00. The predicted octanol–water partition coefficient (Wildman–Crippen LogP) is 2.95. The molecule has 0 spiro atoms. The molecule has 5 N–H and O–H groups in total. The van der Waals surface area contributed by atoms with Crippen molar-refractivity contribution in [2.45, 2.75) is 123 Å². The first-order valence-electron chi connectivity index (χ1n) is 16.8. The summed E-state index contributed by atoms with van der Waals surface area (Å²) >= 11 is 0. The second kappa shape index (κ2) is 14.9. The Balaban J connectivity index is 1.51. The van der Waals surface area contributed by atoms with Crippen molar-refractivity contribution >= 4 is 35.5 Å². The molecule has 0 aromatic carbocycles. The molecule has 1 unspecified atom stereocenters. The number of primary amides is 1. The van der Waals surface area contributed by atoms with Gasteiger partial charge in [0, 0.05) is 12.1 Å².